The highest BCUT2D eigenvalue weighted by molar-refractivity contribution is 7.90. The van der Waals surface area contributed by atoms with Gasteiger partial charge in [-0.2, -0.15) is 5.26 Å². The maximum atomic E-state index is 12.8. The number of hydrogen-bond acceptors (Lipinski definition) is 4. The standard InChI is InChI=1S/C25H29N3O2S/c1-16-13-24-25(18(3)31(29,30)28(24)4)22(17(16)2)12-11-21-10-9-20(15-27-21)23-8-6-5-7-19(23)14-26/h5-12,15-18,22,24-25H,13H2,1-4H3/b12-11+/t16-,17+,18+,22-,24+,25-/m0/s1. The molecule has 4 rings (SSSR count). The zero-order valence-electron chi connectivity index (χ0n) is 18.4. The van der Waals surface area contributed by atoms with Gasteiger partial charge >= 0.3 is 0 Å². The fourth-order valence-electron chi connectivity index (χ4n) is 5.41. The zero-order chi connectivity index (χ0) is 22.3. The minimum Gasteiger partial charge on any atom is -0.256 e. The maximum absolute atomic E-state index is 12.8. The van der Waals surface area contributed by atoms with E-state index < -0.39 is 10.0 Å². The number of pyridine rings is 1. The average Bonchev–Trinajstić information content (AvgIpc) is 2.94. The molecule has 2 aliphatic rings. The third-order valence-corrected chi connectivity index (χ3v) is 9.85. The number of rotatable bonds is 3. The van der Waals surface area contributed by atoms with Crippen molar-refractivity contribution in [2.24, 2.45) is 23.7 Å². The van der Waals surface area contributed by atoms with Gasteiger partial charge in [-0.15, -0.1) is 0 Å². The molecule has 162 valence electrons. The molecule has 0 unspecified atom stereocenters. The first kappa shape index (κ1) is 21.7. The van der Waals surface area contributed by atoms with Gasteiger partial charge in [0.2, 0.25) is 10.0 Å². The molecule has 0 spiro atoms. The number of fused-ring (bicyclic) bond motifs is 1. The van der Waals surface area contributed by atoms with Crippen molar-refractivity contribution in [3.8, 4) is 17.2 Å². The first-order valence-electron chi connectivity index (χ1n) is 10.9. The predicted molar refractivity (Wildman–Crippen MR) is 123 cm³/mol. The Hall–Kier alpha value is -2.49. The van der Waals surface area contributed by atoms with E-state index in [1.54, 1.807) is 23.6 Å². The van der Waals surface area contributed by atoms with Crippen molar-refractivity contribution in [1.82, 2.24) is 9.29 Å². The van der Waals surface area contributed by atoms with E-state index in [1.807, 2.05) is 43.3 Å². The van der Waals surface area contributed by atoms with Crippen molar-refractivity contribution in [2.45, 2.75) is 38.5 Å². The SMILES string of the molecule is C[C@H]1[C@H](/C=C/c2ccc(-c3ccccc3C#N)cn2)[C@H]2[C@@H](C[C@@H]1C)N(C)S(=O)(=O)[C@@H]2C. The molecule has 1 saturated carbocycles. The van der Waals surface area contributed by atoms with E-state index in [9.17, 15) is 13.7 Å². The van der Waals surface area contributed by atoms with E-state index in [-0.39, 0.29) is 23.1 Å². The van der Waals surface area contributed by atoms with Crippen LogP contribution in [0.3, 0.4) is 0 Å². The lowest BCUT2D eigenvalue weighted by molar-refractivity contribution is 0.0941. The third-order valence-electron chi connectivity index (χ3n) is 7.52. The van der Waals surface area contributed by atoms with Crippen molar-refractivity contribution < 1.29 is 8.42 Å². The van der Waals surface area contributed by atoms with E-state index in [0.717, 1.165) is 23.2 Å². The molecular formula is C25H29N3O2S. The maximum Gasteiger partial charge on any atom is 0.217 e. The summed E-state index contributed by atoms with van der Waals surface area (Å²) in [5.41, 5.74) is 3.25. The summed E-state index contributed by atoms with van der Waals surface area (Å²) in [7, 11) is -1.50. The van der Waals surface area contributed by atoms with Crippen molar-refractivity contribution in [2.75, 3.05) is 7.05 Å². The molecular weight excluding hydrogens is 406 g/mol. The van der Waals surface area contributed by atoms with Gasteiger partial charge in [-0.3, -0.25) is 4.98 Å². The van der Waals surface area contributed by atoms with Crippen LogP contribution < -0.4 is 0 Å². The molecule has 6 heteroatoms. The van der Waals surface area contributed by atoms with Crippen molar-refractivity contribution in [1.29, 1.82) is 5.26 Å². The van der Waals surface area contributed by atoms with Gasteiger partial charge in [-0.25, -0.2) is 12.7 Å². The first-order chi connectivity index (χ1) is 14.8. The van der Waals surface area contributed by atoms with Crippen molar-refractivity contribution in [3.63, 3.8) is 0 Å². The molecule has 0 bridgehead atoms. The van der Waals surface area contributed by atoms with Gasteiger partial charge in [-0.05, 0) is 55.2 Å². The second-order valence-corrected chi connectivity index (χ2v) is 11.4. The molecule has 0 amide bonds. The molecule has 0 N–H and O–H groups in total. The van der Waals surface area contributed by atoms with Crippen LogP contribution in [-0.2, 0) is 10.0 Å². The summed E-state index contributed by atoms with van der Waals surface area (Å²) >= 11 is 0. The van der Waals surface area contributed by atoms with Gasteiger partial charge in [0.05, 0.1) is 22.6 Å². The van der Waals surface area contributed by atoms with E-state index in [2.05, 4.69) is 31.0 Å². The lowest BCUT2D eigenvalue weighted by Gasteiger charge is -2.42. The van der Waals surface area contributed by atoms with Crippen molar-refractivity contribution in [3.05, 3.63) is 59.9 Å². The lowest BCUT2D eigenvalue weighted by Crippen LogP contribution is -2.44. The van der Waals surface area contributed by atoms with Gasteiger partial charge in [0.15, 0.2) is 0 Å². The van der Waals surface area contributed by atoms with Crippen LogP contribution in [0.1, 0.15) is 38.4 Å². The molecule has 0 radical (unpaired) electrons. The largest absolute Gasteiger partial charge is 0.256 e. The van der Waals surface area contributed by atoms with Crippen LogP contribution in [0.15, 0.2) is 48.7 Å². The van der Waals surface area contributed by atoms with Crippen LogP contribution in [0.5, 0.6) is 0 Å². The highest BCUT2D eigenvalue weighted by Gasteiger charge is 2.55. The van der Waals surface area contributed by atoms with Gasteiger partial charge < -0.3 is 0 Å². The fraction of sp³-hybridized carbons (Fsp3) is 0.440. The molecule has 2 heterocycles. The summed E-state index contributed by atoms with van der Waals surface area (Å²) < 4.78 is 27.2. The molecule has 31 heavy (non-hydrogen) atoms. The van der Waals surface area contributed by atoms with Gasteiger partial charge in [0.25, 0.3) is 0 Å². The Balaban J connectivity index is 1.60. The molecule has 6 atom stereocenters. The van der Waals surface area contributed by atoms with Crippen LogP contribution in [-0.4, -0.2) is 36.0 Å². The number of hydrogen-bond donors (Lipinski definition) is 0. The second kappa shape index (κ2) is 8.22. The second-order valence-electron chi connectivity index (χ2n) is 9.05. The van der Waals surface area contributed by atoms with Crippen LogP contribution in [0.4, 0.5) is 0 Å². The Kier molecular flexibility index (Phi) is 5.76. The summed E-state index contributed by atoms with van der Waals surface area (Å²) in [5.74, 6) is 1.14. The van der Waals surface area contributed by atoms with Crippen LogP contribution >= 0.6 is 0 Å². The number of aromatic nitrogens is 1. The quantitative estimate of drug-likeness (QED) is 0.708. The van der Waals surface area contributed by atoms with Crippen LogP contribution in [0.25, 0.3) is 17.2 Å². The molecule has 1 aromatic heterocycles. The van der Waals surface area contributed by atoms with E-state index >= 15 is 0 Å². The van der Waals surface area contributed by atoms with Crippen LogP contribution in [0.2, 0.25) is 0 Å². The first-order valence-corrected chi connectivity index (χ1v) is 12.4. The number of sulfonamides is 1. The normalized spacial score (nSPS) is 32.6. The predicted octanol–water partition coefficient (Wildman–Crippen LogP) is 4.57. The topological polar surface area (TPSA) is 74.1 Å². The molecule has 5 nitrogen and oxygen atoms in total. The minimum absolute atomic E-state index is 0.0682. The lowest BCUT2D eigenvalue weighted by atomic mass is 9.64. The third kappa shape index (κ3) is 3.71. The van der Waals surface area contributed by atoms with E-state index in [0.29, 0.717) is 17.4 Å². The Bertz CT molecular complexity index is 1130. The Morgan fingerprint density at radius 3 is 2.58 bits per heavy atom. The number of benzene rings is 1. The summed E-state index contributed by atoms with van der Waals surface area (Å²) in [6.07, 6.45) is 6.91. The molecule has 2 fully saturated rings. The summed E-state index contributed by atoms with van der Waals surface area (Å²) in [6.45, 7) is 6.33. The summed E-state index contributed by atoms with van der Waals surface area (Å²) in [5, 5.41) is 8.96. The molecule has 1 saturated heterocycles. The molecule has 1 aromatic carbocycles. The van der Waals surface area contributed by atoms with Crippen LogP contribution in [0, 0.1) is 35.0 Å². The smallest absolute Gasteiger partial charge is 0.217 e. The molecule has 1 aliphatic carbocycles. The van der Waals surface area contributed by atoms with Gasteiger partial charge in [0, 0.05) is 30.4 Å². The monoisotopic (exact) mass is 435 g/mol. The Morgan fingerprint density at radius 2 is 1.90 bits per heavy atom. The van der Waals surface area contributed by atoms with Gasteiger partial charge in [-0.1, -0.05) is 44.2 Å². The molecule has 1 aliphatic heterocycles. The Labute approximate surface area is 185 Å². The Morgan fingerprint density at radius 1 is 1.16 bits per heavy atom. The number of allylic oxidation sites excluding steroid dienone is 1. The minimum atomic E-state index is -3.23. The molecule has 2 aromatic rings. The highest BCUT2D eigenvalue weighted by atomic mass is 32.2. The van der Waals surface area contributed by atoms with E-state index in [4.69, 9.17) is 0 Å². The van der Waals surface area contributed by atoms with E-state index in [1.165, 1.54) is 0 Å². The zero-order valence-corrected chi connectivity index (χ0v) is 19.3. The van der Waals surface area contributed by atoms with Crippen molar-refractivity contribution >= 4 is 16.1 Å². The number of nitriles is 1. The van der Waals surface area contributed by atoms with Gasteiger partial charge in [0.1, 0.15) is 0 Å². The fourth-order valence-corrected chi connectivity index (χ4v) is 7.30. The summed E-state index contributed by atoms with van der Waals surface area (Å²) in [6, 6.07) is 13.7. The average molecular weight is 436 g/mol. The number of nitrogens with zero attached hydrogens (tertiary/aromatic N) is 3. The highest BCUT2D eigenvalue weighted by Crippen LogP contribution is 2.49. The summed E-state index contributed by atoms with van der Waals surface area (Å²) in [4.78, 5) is 4.58.